The van der Waals surface area contributed by atoms with Crippen molar-refractivity contribution in [3.63, 3.8) is 0 Å². The van der Waals surface area contributed by atoms with Gasteiger partial charge in [-0.25, -0.2) is 0 Å². The second kappa shape index (κ2) is 7.43. The molecule has 0 bridgehead atoms. The highest BCUT2D eigenvalue weighted by molar-refractivity contribution is 7.16. The number of hydrogen-bond acceptors (Lipinski definition) is 3. The van der Waals surface area contributed by atoms with Crippen molar-refractivity contribution in [2.75, 3.05) is 0 Å². The fourth-order valence-electron chi connectivity index (χ4n) is 4.73. The van der Waals surface area contributed by atoms with Gasteiger partial charge in [0.2, 0.25) is 5.91 Å². The third kappa shape index (κ3) is 3.22. The van der Waals surface area contributed by atoms with E-state index in [9.17, 15) is 9.59 Å². The average molecular weight is 442 g/mol. The van der Waals surface area contributed by atoms with E-state index in [-0.39, 0.29) is 17.9 Å². The van der Waals surface area contributed by atoms with E-state index in [1.807, 2.05) is 53.3 Å². The van der Waals surface area contributed by atoms with E-state index in [1.165, 1.54) is 0 Å². The number of aromatic nitrogens is 1. The van der Waals surface area contributed by atoms with Crippen molar-refractivity contribution in [1.29, 1.82) is 0 Å². The number of hydrogen-bond donors (Lipinski definition) is 1. The number of amides is 2. The summed E-state index contributed by atoms with van der Waals surface area (Å²) in [6.45, 7) is 2.67. The standard InChI is InChI=1S/C23H24ClN3O2S/c1-23(22(29)25-18-7-2-3-8-18)14-26-19(12-16-9-10-30-21(16)26)20(28)27(23)13-15-5-4-6-17(24)11-15/h4-6,9-12,18H,2-3,7-8,13-14H2,1H3,(H,25,29). The van der Waals surface area contributed by atoms with E-state index < -0.39 is 5.54 Å². The zero-order valence-electron chi connectivity index (χ0n) is 16.9. The smallest absolute Gasteiger partial charge is 0.271 e. The monoisotopic (exact) mass is 441 g/mol. The van der Waals surface area contributed by atoms with Gasteiger partial charge in [0.25, 0.3) is 5.91 Å². The Morgan fingerprint density at radius 2 is 2.07 bits per heavy atom. The number of thiophene rings is 1. The summed E-state index contributed by atoms with van der Waals surface area (Å²) in [5.74, 6) is -0.192. The van der Waals surface area contributed by atoms with Gasteiger partial charge in [0.1, 0.15) is 16.1 Å². The van der Waals surface area contributed by atoms with Gasteiger partial charge in [0.15, 0.2) is 0 Å². The summed E-state index contributed by atoms with van der Waals surface area (Å²) in [6.07, 6.45) is 4.30. The van der Waals surface area contributed by atoms with Crippen molar-refractivity contribution >= 4 is 45.0 Å². The zero-order valence-corrected chi connectivity index (χ0v) is 18.4. The molecule has 2 aromatic heterocycles. The number of rotatable bonds is 4. The molecule has 1 fully saturated rings. The fraction of sp³-hybridized carbons (Fsp3) is 0.391. The van der Waals surface area contributed by atoms with Gasteiger partial charge in [-0.2, -0.15) is 0 Å². The van der Waals surface area contributed by atoms with Crippen LogP contribution in [0.2, 0.25) is 5.02 Å². The zero-order chi connectivity index (χ0) is 20.9. The van der Waals surface area contributed by atoms with Gasteiger partial charge in [-0.1, -0.05) is 36.6 Å². The van der Waals surface area contributed by atoms with Crippen LogP contribution in [0.3, 0.4) is 0 Å². The Balaban J connectivity index is 1.55. The van der Waals surface area contributed by atoms with Gasteiger partial charge in [0, 0.05) is 23.0 Å². The summed E-state index contributed by atoms with van der Waals surface area (Å²) in [5.41, 5.74) is 0.577. The molecule has 5 nitrogen and oxygen atoms in total. The summed E-state index contributed by atoms with van der Waals surface area (Å²) in [6, 6.07) is 11.7. The lowest BCUT2D eigenvalue weighted by molar-refractivity contribution is -0.133. The number of benzene rings is 1. The van der Waals surface area contributed by atoms with Gasteiger partial charge in [0.05, 0.1) is 6.54 Å². The first-order chi connectivity index (χ1) is 14.5. The second-order valence-corrected chi connectivity index (χ2v) is 9.88. The molecule has 0 spiro atoms. The van der Waals surface area contributed by atoms with Gasteiger partial charge in [-0.15, -0.1) is 11.3 Å². The average Bonchev–Trinajstić information content (AvgIpc) is 3.44. The molecule has 1 atom stereocenters. The highest BCUT2D eigenvalue weighted by Gasteiger charge is 2.48. The molecular formula is C23H24ClN3O2S. The first kappa shape index (κ1) is 19.6. The molecule has 0 saturated heterocycles. The SMILES string of the molecule is CC1(C(=O)NC2CCCC2)Cn2c(cc3ccsc32)C(=O)N1Cc1cccc(Cl)c1. The quantitative estimate of drug-likeness (QED) is 0.630. The first-order valence-electron chi connectivity index (χ1n) is 10.4. The van der Waals surface area contributed by atoms with Gasteiger partial charge < -0.3 is 14.8 Å². The van der Waals surface area contributed by atoms with Crippen LogP contribution in [0.25, 0.3) is 10.2 Å². The Kier molecular flexibility index (Phi) is 4.86. The molecule has 1 aromatic carbocycles. The molecule has 1 aliphatic carbocycles. The maximum absolute atomic E-state index is 13.6. The Bertz CT molecular complexity index is 1130. The van der Waals surface area contributed by atoms with Crippen LogP contribution in [-0.4, -0.2) is 32.9 Å². The molecule has 5 rings (SSSR count). The van der Waals surface area contributed by atoms with Crippen molar-refractivity contribution in [2.45, 2.75) is 57.3 Å². The fourth-order valence-corrected chi connectivity index (χ4v) is 5.84. The first-order valence-corrected chi connectivity index (χ1v) is 11.7. The molecule has 1 unspecified atom stereocenters. The number of carbonyl (C=O) groups excluding carboxylic acids is 2. The summed E-state index contributed by atoms with van der Waals surface area (Å²) in [4.78, 5) is 29.9. The van der Waals surface area contributed by atoms with E-state index in [2.05, 4.69) is 5.32 Å². The molecule has 2 aliphatic rings. The van der Waals surface area contributed by atoms with E-state index in [1.54, 1.807) is 16.2 Å². The summed E-state index contributed by atoms with van der Waals surface area (Å²) < 4.78 is 2.02. The van der Waals surface area contributed by atoms with Crippen LogP contribution in [-0.2, 0) is 17.9 Å². The summed E-state index contributed by atoms with van der Waals surface area (Å²) in [7, 11) is 0. The molecule has 156 valence electrons. The minimum absolute atomic E-state index is 0.0752. The van der Waals surface area contributed by atoms with Crippen molar-refractivity contribution in [3.8, 4) is 0 Å². The number of carbonyl (C=O) groups is 2. The van der Waals surface area contributed by atoms with Gasteiger partial charge >= 0.3 is 0 Å². The van der Waals surface area contributed by atoms with Gasteiger partial charge in [-0.3, -0.25) is 9.59 Å². The minimum atomic E-state index is -0.981. The van der Waals surface area contributed by atoms with E-state index in [0.29, 0.717) is 23.8 Å². The number of nitrogens with one attached hydrogen (secondary N) is 1. The maximum atomic E-state index is 13.6. The van der Waals surface area contributed by atoms with Crippen LogP contribution in [0, 0.1) is 0 Å². The van der Waals surface area contributed by atoms with E-state index >= 15 is 0 Å². The molecule has 1 N–H and O–H groups in total. The lowest BCUT2D eigenvalue weighted by atomic mass is 9.93. The third-order valence-corrected chi connectivity index (χ3v) is 7.62. The molecular weight excluding hydrogens is 418 g/mol. The van der Waals surface area contributed by atoms with Crippen molar-refractivity contribution in [1.82, 2.24) is 14.8 Å². The molecule has 1 saturated carbocycles. The third-order valence-electron chi connectivity index (χ3n) is 6.44. The molecule has 0 radical (unpaired) electrons. The van der Waals surface area contributed by atoms with Crippen LogP contribution in [0.5, 0.6) is 0 Å². The highest BCUT2D eigenvalue weighted by Crippen LogP contribution is 2.36. The van der Waals surface area contributed by atoms with Crippen LogP contribution in [0.4, 0.5) is 0 Å². The Labute approximate surface area is 184 Å². The maximum Gasteiger partial charge on any atom is 0.271 e. The van der Waals surface area contributed by atoms with Crippen LogP contribution < -0.4 is 5.32 Å². The largest absolute Gasteiger partial charge is 0.351 e. The van der Waals surface area contributed by atoms with Crippen molar-refractivity contribution in [2.24, 2.45) is 0 Å². The summed E-state index contributed by atoms with van der Waals surface area (Å²) >= 11 is 7.79. The molecule has 30 heavy (non-hydrogen) atoms. The predicted molar refractivity (Wildman–Crippen MR) is 120 cm³/mol. The summed E-state index contributed by atoms with van der Waals surface area (Å²) in [5, 5.41) is 6.93. The minimum Gasteiger partial charge on any atom is -0.351 e. The van der Waals surface area contributed by atoms with Crippen LogP contribution in [0.1, 0.15) is 48.7 Å². The molecule has 1 aliphatic heterocycles. The van der Waals surface area contributed by atoms with Crippen molar-refractivity contribution in [3.05, 3.63) is 58.1 Å². The molecule has 7 heteroatoms. The molecule has 3 aromatic rings. The second-order valence-electron chi connectivity index (χ2n) is 8.55. The van der Waals surface area contributed by atoms with Gasteiger partial charge in [-0.05, 0) is 55.0 Å². The van der Waals surface area contributed by atoms with E-state index in [0.717, 1.165) is 41.5 Å². The number of nitrogens with zero attached hydrogens (tertiary/aromatic N) is 2. The topological polar surface area (TPSA) is 54.3 Å². The molecule has 3 heterocycles. The predicted octanol–water partition coefficient (Wildman–Crippen LogP) is 4.83. The Morgan fingerprint density at radius 1 is 1.27 bits per heavy atom. The highest BCUT2D eigenvalue weighted by atomic mass is 35.5. The van der Waals surface area contributed by atoms with E-state index in [4.69, 9.17) is 11.6 Å². The van der Waals surface area contributed by atoms with Crippen LogP contribution in [0.15, 0.2) is 41.8 Å². The molecule has 2 amide bonds. The number of fused-ring (bicyclic) bond motifs is 3. The lowest BCUT2D eigenvalue weighted by Gasteiger charge is -2.44. The number of halogens is 1. The Hall–Kier alpha value is -2.31. The Morgan fingerprint density at radius 3 is 2.83 bits per heavy atom. The van der Waals surface area contributed by atoms with Crippen molar-refractivity contribution < 1.29 is 9.59 Å². The lowest BCUT2D eigenvalue weighted by Crippen LogP contribution is -2.64. The normalized spacial score (nSPS) is 21.9. The van der Waals surface area contributed by atoms with Crippen LogP contribution >= 0.6 is 22.9 Å².